The summed E-state index contributed by atoms with van der Waals surface area (Å²) in [7, 11) is 3.04. The fourth-order valence-corrected chi connectivity index (χ4v) is 6.42. The maximum absolute atomic E-state index is 13.5. The first-order valence-corrected chi connectivity index (χ1v) is 18.1. The van der Waals surface area contributed by atoms with Gasteiger partial charge in [-0.3, -0.25) is 14.6 Å². The third-order valence-electron chi connectivity index (χ3n) is 9.27. The number of likely N-dealkylation sites (tertiary alicyclic amines) is 1. The number of aliphatic imine (C=N–C) groups is 1. The Morgan fingerprint density at radius 3 is 2.68 bits per heavy atom. The molecule has 1 saturated heterocycles. The Morgan fingerprint density at radius 2 is 1.94 bits per heavy atom. The highest BCUT2D eigenvalue weighted by atomic mass is 16.5. The van der Waals surface area contributed by atoms with Gasteiger partial charge >= 0.3 is 6.09 Å². The first-order valence-electron chi connectivity index (χ1n) is 18.1. The Hall–Kier alpha value is -5.74. The Kier molecular flexibility index (Phi) is 13.6. The van der Waals surface area contributed by atoms with Crippen LogP contribution in [0.3, 0.4) is 0 Å². The van der Waals surface area contributed by atoms with Crippen molar-refractivity contribution in [3.63, 3.8) is 0 Å². The number of carbonyl (C=O) groups is 3. The number of aromatic amines is 1. The molecule has 1 fully saturated rings. The number of aryl methyl sites for hydroxylation is 1. The summed E-state index contributed by atoms with van der Waals surface area (Å²) in [4.78, 5) is 55.6. The van der Waals surface area contributed by atoms with Crippen LogP contribution in [0.15, 0.2) is 59.9 Å². The number of benzene rings is 2. The summed E-state index contributed by atoms with van der Waals surface area (Å²) >= 11 is 0. The summed E-state index contributed by atoms with van der Waals surface area (Å²) in [5.74, 6) is 7.12. The summed E-state index contributed by atoms with van der Waals surface area (Å²) in [6.07, 6.45) is 7.31. The van der Waals surface area contributed by atoms with Crippen molar-refractivity contribution in [2.75, 3.05) is 45.7 Å². The van der Waals surface area contributed by atoms with Crippen molar-refractivity contribution in [3.8, 4) is 23.1 Å². The summed E-state index contributed by atoms with van der Waals surface area (Å²) in [5, 5.41) is 14.0. The first kappa shape index (κ1) is 38.5. The van der Waals surface area contributed by atoms with Gasteiger partial charge in [0, 0.05) is 54.8 Å². The standard InChI is InChI=1S/C40H49N9O4/c1-26(2)37(48-40(52)53-5)39(51)49-20-8-9-31(49)23-46-38-32-17-12-27(21-28(32)14-18-33(38)42-4)11-15-30-16-13-29(22-44-30)34-24-45-35(47-34)10-6-7-19-43-36(50)25-41-3/h12-14,16-18,21-22,24,26,31,37,41,46H,4,6-10,19-20,23,25H2,1-3,5H3,(H,43,50)(H,45,47)(H,48,52). The SMILES string of the molecule is C=Nc1ccc2cc(C#Cc3ccc(-c4cnc(CCCCNC(=O)CNC)[nH]4)cn3)ccc2c1NCC1CCCN1C(=O)C(NC(=O)OC)C(C)C. The Labute approximate surface area is 310 Å². The number of unbranched alkanes of at least 4 members (excludes halogenated alkanes) is 1. The zero-order valence-corrected chi connectivity index (χ0v) is 30.9. The van der Waals surface area contributed by atoms with Crippen LogP contribution >= 0.6 is 0 Å². The molecule has 0 radical (unpaired) electrons. The number of hydrogen-bond acceptors (Lipinski definition) is 9. The van der Waals surface area contributed by atoms with Crippen LogP contribution in [0, 0.1) is 17.8 Å². The Bertz CT molecular complexity index is 1960. The number of amides is 3. The Morgan fingerprint density at radius 1 is 1.09 bits per heavy atom. The Balaban J connectivity index is 1.21. The number of hydrogen-bond donors (Lipinski definition) is 5. The van der Waals surface area contributed by atoms with Gasteiger partial charge in [-0.2, -0.15) is 0 Å². The molecule has 2 aromatic carbocycles. The third kappa shape index (κ3) is 10.2. The minimum Gasteiger partial charge on any atom is -0.453 e. The van der Waals surface area contributed by atoms with Crippen LogP contribution in [0.5, 0.6) is 0 Å². The minimum atomic E-state index is -0.666. The lowest BCUT2D eigenvalue weighted by Gasteiger charge is -2.31. The van der Waals surface area contributed by atoms with Crippen LogP contribution in [0.2, 0.25) is 0 Å². The second-order valence-electron chi connectivity index (χ2n) is 13.4. The predicted octanol–water partition coefficient (Wildman–Crippen LogP) is 4.80. The lowest BCUT2D eigenvalue weighted by atomic mass is 10.0. The fourth-order valence-electron chi connectivity index (χ4n) is 6.42. The van der Waals surface area contributed by atoms with Crippen LogP contribution in [0.25, 0.3) is 22.0 Å². The van der Waals surface area contributed by atoms with Gasteiger partial charge in [0.05, 0.1) is 36.9 Å². The van der Waals surface area contributed by atoms with E-state index in [4.69, 9.17) is 4.74 Å². The molecule has 3 heterocycles. The van der Waals surface area contributed by atoms with Crippen LogP contribution in [0.4, 0.5) is 16.2 Å². The van der Waals surface area contributed by atoms with E-state index in [2.05, 4.69) is 59.8 Å². The highest BCUT2D eigenvalue weighted by Crippen LogP contribution is 2.34. The highest BCUT2D eigenvalue weighted by Gasteiger charge is 2.35. The van der Waals surface area contributed by atoms with E-state index in [1.54, 1.807) is 13.2 Å². The number of carbonyl (C=O) groups excluding carboxylic acids is 3. The largest absolute Gasteiger partial charge is 0.453 e. The summed E-state index contributed by atoms with van der Waals surface area (Å²) in [6, 6.07) is 13.1. The van der Waals surface area contributed by atoms with E-state index in [-0.39, 0.29) is 23.8 Å². The molecule has 0 aliphatic carbocycles. The number of H-pyrrole nitrogens is 1. The molecule has 13 nitrogen and oxygen atoms in total. The molecule has 2 unspecified atom stereocenters. The van der Waals surface area contributed by atoms with Gasteiger partial charge in [0.25, 0.3) is 0 Å². The number of likely N-dealkylation sites (N-methyl/N-ethyl adjacent to an activating group) is 1. The minimum absolute atomic E-state index is 0.00160. The van der Waals surface area contributed by atoms with Gasteiger partial charge in [0.15, 0.2) is 0 Å². The van der Waals surface area contributed by atoms with Gasteiger partial charge in [0.2, 0.25) is 11.8 Å². The van der Waals surface area contributed by atoms with E-state index in [9.17, 15) is 14.4 Å². The number of aromatic nitrogens is 3. The van der Waals surface area contributed by atoms with Crippen molar-refractivity contribution in [3.05, 3.63) is 71.9 Å². The molecule has 0 bridgehead atoms. The molecule has 2 atom stereocenters. The highest BCUT2D eigenvalue weighted by molar-refractivity contribution is 6.00. The molecule has 4 aromatic rings. The zero-order chi connectivity index (χ0) is 37.7. The van der Waals surface area contributed by atoms with Crippen molar-refractivity contribution in [2.45, 2.75) is 58.0 Å². The monoisotopic (exact) mass is 719 g/mol. The van der Waals surface area contributed by atoms with E-state index in [1.165, 1.54) is 7.11 Å². The smallest absolute Gasteiger partial charge is 0.407 e. The van der Waals surface area contributed by atoms with Crippen molar-refractivity contribution in [2.24, 2.45) is 10.9 Å². The number of anilines is 1. The predicted molar refractivity (Wildman–Crippen MR) is 208 cm³/mol. The molecule has 2 aromatic heterocycles. The van der Waals surface area contributed by atoms with E-state index in [0.717, 1.165) is 76.9 Å². The van der Waals surface area contributed by atoms with Gasteiger partial charge in [-0.25, -0.2) is 14.8 Å². The van der Waals surface area contributed by atoms with Gasteiger partial charge in [-0.05, 0) is 87.0 Å². The quantitative estimate of drug-likeness (QED) is 0.0665. The number of imidazole rings is 1. The number of fused-ring (bicyclic) bond motifs is 1. The van der Waals surface area contributed by atoms with Crippen LogP contribution < -0.4 is 21.3 Å². The topological polar surface area (TPSA) is 166 Å². The van der Waals surface area contributed by atoms with Gasteiger partial charge in [-0.15, -0.1) is 0 Å². The van der Waals surface area contributed by atoms with Crippen molar-refractivity contribution < 1.29 is 19.1 Å². The molecule has 1 aliphatic heterocycles. The second kappa shape index (κ2) is 18.7. The van der Waals surface area contributed by atoms with Gasteiger partial charge < -0.3 is 35.9 Å². The van der Waals surface area contributed by atoms with Crippen molar-refractivity contribution in [1.29, 1.82) is 0 Å². The molecular weight excluding hydrogens is 670 g/mol. The van der Waals surface area contributed by atoms with Crippen LogP contribution in [-0.2, 0) is 20.7 Å². The number of nitrogens with one attached hydrogen (secondary N) is 5. The third-order valence-corrected chi connectivity index (χ3v) is 9.27. The zero-order valence-electron chi connectivity index (χ0n) is 30.9. The number of alkyl carbamates (subject to hydrolysis) is 1. The lowest BCUT2D eigenvalue weighted by molar-refractivity contribution is -0.135. The maximum atomic E-state index is 13.5. The van der Waals surface area contributed by atoms with E-state index >= 15 is 0 Å². The van der Waals surface area contributed by atoms with Gasteiger partial charge in [-0.1, -0.05) is 31.9 Å². The maximum Gasteiger partial charge on any atom is 0.407 e. The number of methoxy groups -OCH3 is 1. The average molecular weight is 720 g/mol. The fraction of sp³-hybridized carbons (Fsp3) is 0.400. The molecule has 1 aliphatic rings. The summed E-state index contributed by atoms with van der Waals surface area (Å²) in [5.41, 5.74) is 4.88. The number of nitrogens with zero attached hydrogens (tertiary/aromatic N) is 4. The van der Waals surface area contributed by atoms with E-state index in [1.807, 2.05) is 67.4 Å². The van der Waals surface area contributed by atoms with Crippen LogP contribution in [-0.4, -0.2) is 96.9 Å². The lowest BCUT2D eigenvalue weighted by Crippen LogP contribution is -2.53. The number of ether oxygens (including phenoxy) is 1. The first-order chi connectivity index (χ1) is 25.7. The summed E-state index contributed by atoms with van der Waals surface area (Å²) in [6.45, 7) is 9.72. The molecule has 278 valence electrons. The molecule has 0 saturated carbocycles. The van der Waals surface area contributed by atoms with E-state index in [0.29, 0.717) is 31.9 Å². The average Bonchev–Trinajstić information content (AvgIpc) is 3.85. The molecule has 5 N–H and O–H groups in total. The van der Waals surface area contributed by atoms with Crippen LogP contribution in [0.1, 0.15) is 56.6 Å². The second-order valence-corrected chi connectivity index (χ2v) is 13.4. The molecular formula is C40H49N9O4. The molecule has 53 heavy (non-hydrogen) atoms. The number of rotatable bonds is 15. The molecule has 5 rings (SSSR count). The van der Waals surface area contributed by atoms with Crippen molar-refractivity contribution >= 4 is 46.8 Å². The number of pyridine rings is 1. The van der Waals surface area contributed by atoms with Gasteiger partial charge in [0.1, 0.15) is 17.6 Å². The van der Waals surface area contributed by atoms with Crippen molar-refractivity contribution in [1.82, 2.24) is 35.8 Å². The molecule has 3 amide bonds. The van der Waals surface area contributed by atoms with E-state index < -0.39 is 12.1 Å². The normalized spacial score (nSPS) is 14.4. The molecule has 0 spiro atoms. The summed E-state index contributed by atoms with van der Waals surface area (Å²) < 4.78 is 4.76. The molecule has 13 heteroatoms.